The molecule has 0 unspecified atom stereocenters. The minimum atomic E-state index is -0.280. The standard InChI is InChI=1S/C19H25NO3S2/c21-18(20-16-9-8-14-4-3-5-15(14)12-16)13-23-19(22)7-2-1-6-17-10-11-24-25-17/h8-9,12,17H,1-7,10-11,13H2,(H,20,21)/t17-/m1/s1. The molecule has 1 aliphatic heterocycles. The van der Waals surface area contributed by atoms with Crippen LogP contribution in [0.1, 0.15) is 49.7 Å². The number of nitrogens with one attached hydrogen (secondary N) is 1. The maximum atomic E-state index is 11.9. The zero-order valence-corrected chi connectivity index (χ0v) is 16.1. The summed E-state index contributed by atoms with van der Waals surface area (Å²) in [5.74, 6) is 0.694. The van der Waals surface area contributed by atoms with Crippen LogP contribution in [0.5, 0.6) is 0 Å². The molecule has 4 nitrogen and oxygen atoms in total. The molecule has 0 saturated carbocycles. The molecule has 1 N–H and O–H groups in total. The van der Waals surface area contributed by atoms with E-state index in [1.165, 1.54) is 36.1 Å². The predicted octanol–water partition coefficient (Wildman–Crippen LogP) is 4.37. The van der Waals surface area contributed by atoms with Crippen molar-refractivity contribution in [3.05, 3.63) is 29.3 Å². The van der Waals surface area contributed by atoms with Gasteiger partial charge in [-0.15, -0.1) is 0 Å². The molecule has 1 aromatic carbocycles. The maximum Gasteiger partial charge on any atom is 0.306 e. The second kappa shape index (κ2) is 9.53. The Morgan fingerprint density at radius 1 is 1.20 bits per heavy atom. The van der Waals surface area contributed by atoms with Crippen molar-refractivity contribution in [2.75, 3.05) is 17.7 Å². The van der Waals surface area contributed by atoms with E-state index in [4.69, 9.17) is 4.74 Å². The van der Waals surface area contributed by atoms with Gasteiger partial charge >= 0.3 is 5.97 Å². The van der Waals surface area contributed by atoms with E-state index in [2.05, 4.69) is 11.4 Å². The van der Waals surface area contributed by atoms with E-state index in [0.29, 0.717) is 6.42 Å². The van der Waals surface area contributed by atoms with Crippen molar-refractivity contribution in [1.82, 2.24) is 0 Å². The van der Waals surface area contributed by atoms with Crippen LogP contribution in [0.15, 0.2) is 18.2 Å². The van der Waals surface area contributed by atoms with Gasteiger partial charge in [-0.05, 0) is 61.8 Å². The van der Waals surface area contributed by atoms with Gasteiger partial charge < -0.3 is 10.1 Å². The number of unbranched alkanes of at least 4 members (excludes halogenated alkanes) is 1. The minimum Gasteiger partial charge on any atom is -0.456 e. The fourth-order valence-corrected chi connectivity index (χ4v) is 6.30. The Hall–Kier alpha value is -1.14. The summed E-state index contributed by atoms with van der Waals surface area (Å²) >= 11 is 0. The number of aryl methyl sites for hydroxylation is 2. The molecule has 0 bridgehead atoms. The van der Waals surface area contributed by atoms with E-state index >= 15 is 0 Å². The second-order valence-electron chi connectivity index (χ2n) is 6.62. The number of anilines is 1. The van der Waals surface area contributed by atoms with Crippen molar-refractivity contribution >= 4 is 39.2 Å². The smallest absolute Gasteiger partial charge is 0.306 e. The average molecular weight is 380 g/mol. The molecular formula is C19H25NO3S2. The fourth-order valence-electron chi connectivity index (χ4n) is 3.27. The Bertz CT molecular complexity index is 615. The number of hydrogen-bond acceptors (Lipinski definition) is 5. The summed E-state index contributed by atoms with van der Waals surface area (Å²) in [5.41, 5.74) is 3.47. The van der Waals surface area contributed by atoms with Crippen LogP contribution in [0.3, 0.4) is 0 Å². The summed E-state index contributed by atoms with van der Waals surface area (Å²) < 4.78 is 5.08. The molecular weight excluding hydrogens is 354 g/mol. The van der Waals surface area contributed by atoms with Gasteiger partial charge in [0.15, 0.2) is 6.61 Å². The lowest BCUT2D eigenvalue weighted by atomic mass is 10.1. The van der Waals surface area contributed by atoms with Crippen LogP contribution in [-0.4, -0.2) is 29.5 Å². The summed E-state index contributed by atoms with van der Waals surface area (Å²) in [6, 6.07) is 6.02. The highest BCUT2D eigenvalue weighted by Gasteiger charge is 2.16. The Morgan fingerprint density at radius 3 is 2.92 bits per heavy atom. The lowest BCUT2D eigenvalue weighted by molar-refractivity contribution is -0.147. The number of fused-ring (bicyclic) bond motifs is 1. The first-order chi connectivity index (χ1) is 12.2. The summed E-state index contributed by atoms with van der Waals surface area (Å²) in [6.07, 6.45) is 8.12. The van der Waals surface area contributed by atoms with E-state index in [1.54, 1.807) is 0 Å². The number of rotatable bonds is 8. The number of ether oxygens (including phenoxy) is 1. The van der Waals surface area contributed by atoms with Gasteiger partial charge in [0.2, 0.25) is 0 Å². The maximum absolute atomic E-state index is 11.9. The average Bonchev–Trinajstić information content (AvgIpc) is 3.28. The first-order valence-electron chi connectivity index (χ1n) is 9.06. The summed E-state index contributed by atoms with van der Waals surface area (Å²) in [4.78, 5) is 23.7. The van der Waals surface area contributed by atoms with Crippen LogP contribution in [0.2, 0.25) is 0 Å². The molecule has 6 heteroatoms. The van der Waals surface area contributed by atoms with E-state index in [0.717, 1.165) is 36.6 Å². The van der Waals surface area contributed by atoms with Crippen LogP contribution in [0.4, 0.5) is 5.69 Å². The Morgan fingerprint density at radius 2 is 2.08 bits per heavy atom. The molecule has 2 aliphatic rings. The van der Waals surface area contributed by atoms with Crippen LogP contribution >= 0.6 is 21.6 Å². The third-order valence-electron chi connectivity index (χ3n) is 4.63. The van der Waals surface area contributed by atoms with Crippen molar-refractivity contribution in [3.8, 4) is 0 Å². The molecule has 1 fully saturated rings. The molecule has 0 radical (unpaired) electrons. The zero-order chi connectivity index (χ0) is 17.5. The van der Waals surface area contributed by atoms with Crippen LogP contribution in [-0.2, 0) is 27.2 Å². The highest BCUT2D eigenvalue weighted by atomic mass is 33.1. The van der Waals surface area contributed by atoms with E-state index in [9.17, 15) is 9.59 Å². The molecule has 1 saturated heterocycles. The van der Waals surface area contributed by atoms with E-state index in [-0.39, 0.29) is 18.5 Å². The van der Waals surface area contributed by atoms with Gasteiger partial charge in [0.05, 0.1) is 0 Å². The van der Waals surface area contributed by atoms with Crippen molar-refractivity contribution in [1.29, 1.82) is 0 Å². The summed E-state index contributed by atoms with van der Waals surface area (Å²) in [5, 5.41) is 3.56. The Balaban J connectivity index is 1.29. The normalized spacial score (nSPS) is 18.8. The fraction of sp³-hybridized carbons (Fsp3) is 0.579. The van der Waals surface area contributed by atoms with Crippen molar-refractivity contribution < 1.29 is 14.3 Å². The first kappa shape index (κ1) is 18.6. The largest absolute Gasteiger partial charge is 0.456 e. The molecule has 1 amide bonds. The van der Waals surface area contributed by atoms with E-state index < -0.39 is 0 Å². The number of carbonyl (C=O) groups is 2. The molecule has 0 spiro atoms. The highest BCUT2D eigenvalue weighted by Crippen LogP contribution is 2.39. The van der Waals surface area contributed by atoms with Crippen molar-refractivity contribution in [2.45, 2.75) is 56.6 Å². The van der Waals surface area contributed by atoms with Crippen molar-refractivity contribution in [3.63, 3.8) is 0 Å². The molecule has 1 heterocycles. The molecule has 25 heavy (non-hydrogen) atoms. The third-order valence-corrected chi connectivity index (χ3v) is 7.64. The van der Waals surface area contributed by atoms with Gasteiger partial charge in [0.1, 0.15) is 0 Å². The van der Waals surface area contributed by atoms with Gasteiger partial charge in [-0.2, -0.15) is 0 Å². The number of hydrogen-bond donors (Lipinski definition) is 1. The summed E-state index contributed by atoms with van der Waals surface area (Å²) in [6.45, 7) is -0.203. The van der Waals surface area contributed by atoms with Crippen molar-refractivity contribution in [2.24, 2.45) is 0 Å². The predicted molar refractivity (Wildman–Crippen MR) is 105 cm³/mol. The highest BCUT2D eigenvalue weighted by molar-refractivity contribution is 8.77. The molecule has 3 rings (SSSR count). The Labute approximate surface area is 157 Å². The van der Waals surface area contributed by atoms with Gasteiger partial charge in [-0.25, -0.2) is 0 Å². The zero-order valence-electron chi connectivity index (χ0n) is 14.4. The Kier molecular flexibility index (Phi) is 7.11. The lowest BCUT2D eigenvalue weighted by Gasteiger charge is -2.09. The van der Waals surface area contributed by atoms with Gasteiger partial charge in [-0.1, -0.05) is 34.1 Å². The SMILES string of the molecule is O=C(COC(=O)CCCC[C@@H]1CCSS1)Nc1ccc2c(c1)CCC2. The van der Waals surface area contributed by atoms with E-state index in [1.807, 2.05) is 33.7 Å². The summed E-state index contributed by atoms with van der Waals surface area (Å²) in [7, 11) is 3.92. The quantitative estimate of drug-likeness (QED) is 0.413. The topological polar surface area (TPSA) is 55.4 Å². The second-order valence-corrected chi connectivity index (χ2v) is 9.41. The number of esters is 1. The monoisotopic (exact) mass is 379 g/mol. The number of benzene rings is 1. The van der Waals surface area contributed by atoms with Gasteiger partial charge in [0, 0.05) is 23.1 Å². The molecule has 136 valence electrons. The first-order valence-corrected chi connectivity index (χ1v) is 11.4. The molecule has 1 aromatic rings. The van der Waals surface area contributed by atoms with Gasteiger partial charge in [-0.3, -0.25) is 9.59 Å². The van der Waals surface area contributed by atoms with Crippen LogP contribution in [0, 0.1) is 0 Å². The molecule has 1 aliphatic carbocycles. The molecule has 0 aromatic heterocycles. The lowest BCUT2D eigenvalue weighted by Crippen LogP contribution is -2.20. The number of amides is 1. The number of carbonyl (C=O) groups excluding carboxylic acids is 2. The van der Waals surface area contributed by atoms with Crippen LogP contribution < -0.4 is 5.32 Å². The third kappa shape index (κ3) is 5.96. The minimum absolute atomic E-state index is 0.203. The molecule has 1 atom stereocenters. The van der Waals surface area contributed by atoms with Gasteiger partial charge in [0.25, 0.3) is 5.91 Å². The van der Waals surface area contributed by atoms with Crippen LogP contribution in [0.25, 0.3) is 0 Å².